The molecule has 1 atom stereocenters. The Labute approximate surface area is 88.0 Å². The van der Waals surface area contributed by atoms with E-state index in [1.807, 2.05) is 24.3 Å². The Morgan fingerprint density at radius 1 is 1.33 bits per heavy atom. The maximum absolute atomic E-state index is 9.71. The molecule has 2 aromatic rings. The first-order valence-electron chi connectivity index (χ1n) is 4.85. The van der Waals surface area contributed by atoms with Crippen LogP contribution in [0.25, 0.3) is 11.0 Å². The van der Waals surface area contributed by atoms with Crippen LogP contribution in [-0.4, -0.2) is 28.7 Å². The van der Waals surface area contributed by atoms with Crippen LogP contribution in [0.4, 0.5) is 0 Å². The number of aromatic nitrogens is 2. The fourth-order valence-corrected chi connectivity index (χ4v) is 1.43. The highest BCUT2D eigenvalue weighted by Gasteiger charge is 2.08. The van der Waals surface area contributed by atoms with E-state index in [2.05, 4.69) is 15.3 Å². The number of aliphatic hydroxyl groups is 1. The molecule has 4 heteroatoms. The third-order valence-electron chi connectivity index (χ3n) is 2.21. The van der Waals surface area contributed by atoms with E-state index < -0.39 is 6.10 Å². The molecule has 1 heterocycles. The number of fused-ring (bicyclic) bond motifs is 1. The lowest BCUT2D eigenvalue weighted by atomic mass is 10.2. The van der Waals surface area contributed by atoms with Gasteiger partial charge in [0.25, 0.3) is 0 Å². The van der Waals surface area contributed by atoms with Crippen molar-refractivity contribution >= 4 is 11.0 Å². The summed E-state index contributed by atoms with van der Waals surface area (Å²) < 4.78 is 0. The average molecular weight is 203 g/mol. The summed E-state index contributed by atoms with van der Waals surface area (Å²) in [5, 5.41) is 12.6. The normalized spacial score (nSPS) is 12.9. The summed E-state index contributed by atoms with van der Waals surface area (Å²) in [5.74, 6) is 0. The van der Waals surface area contributed by atoms with Crippen LogP contribution < -0.4 is 5.32 Å². The fourth-order valence-electron chi connectivity index (χ4n) is 1.43. The van der Waals surface area contributed by atoms with E-state index in [1.165, 1.54) is 0 Å². The molecular formula is C11H13N3O. The first-order valence-corrected chi connectivity index (χ1v) is 4.85. The fraction of sp³-hybridized carbons (Fsp3) is 0.273. The van der Waals surface area contributed by atoms with Crippen molar-refractivity contribution in [2.75, 3.05) is 13.6 Å². The Kier molecular flexibility index (Phi) is 2.89. The van der Waals surface area contributed by atoms with Crippen LogP contribution in [0.15, 0.2) is 30.5 Å². The van der Waals surface area contributed by atoms with Gasteiger partial charge in [0.1, 0.15) is 6.10 Å². The number of nitrogens with one attached hydrogen (secondary N) is 1. The molecule has 0 aliphatic carbocycles. The van der Waals surface area contributed by atoms with Crippen molar-refractivity contribution in [2.24, 2.45) is 0 Å². The van der Waals surface area contributed by atoms with Crippen LogP contribution >= 0.6 is 0 Å². The molecule has 1 aromatic carbocycles. The Morgan fingerprint density at radius 3 is 2.80 bits per heavy atom. The van der Waals surface area contributed by atoms with Crippen molar-refractivity contribution < 1.29 is 5.11 Å². The highest BCUT2D eigenvalue weighted by atomic mass is 16.3. The van der Waals surface area contributed by atoms with Crippen LogP contribution in [0.5, 0.6) is 0 Å². The molecule has 0 fully saturated rings. The van der Waals surface area contributed by atoms with Gasteiger partial charge in [0.05, 0.1) is 22.9 Å². The van der Waals surface area contributed by atoms with Gasteiger partial charge in [-0.1, -0.05) is 12.1 Å². The van der Waals surface area contributed by atoms with E-state index in [0.717, 1.165) is 11.0 Å². The first kappa shape index (κ1) is 10.0. The van der Waals surface area contributed by atoms with E-state index >= 15 is 0 Å². The zero-order valence-electron chi connectivity index (χ0n) is 8.51. The van der Waals surface area contributed by atoms with Crippen molar-refractivity contribution in [1.29, 1.82) is 0 Å². The quantitative estimate of drug-likeness (QED) is 0.777. The molecule has 1 aromatic heterocycles. The number of nitrogens with zero attached hydrogens (tertiary/aromatic N) is 2. The SMILES string of the molecule is CNCC(O)c1cnc2ccccc2n1. The van der Waals surface area contributed by atoms with Gasteiger partial charge in [-0.05, 0) is 19.2 Å². The molecule has 0 saturated carbocycles. The van der Waals surface area contributed by atoms with Crippen LogP contribution in [0.3, 0.4) is 0 Å². The number of benzene rings is 1. The minimum Gasteiger partial charge on any atom is -0.385 e. The van der Waals surface area contributed by atoms with E-state index in [1.54, 1.807) is 13.2 Å². The second-order valence-electron chi connectivity index (χ2n) is 3.36. The summed E-state index contributed by atoms with van der Waals surface area (Å²) in [4.78, 5) is 8.58. The Bertz CT molecular complexity index is 458. The predicted octanol–water partition coefficient (Wildman–Crippen LogP) is 0.883. The second-order valence-corrected chi connectivity index (χ2v) is 3.36. The van der Waals surface area contributed by atoms with Gasteiger partial charge in [0, 0.05) is 6.54 Å². The van der Waals surface area contributed by atoms with Crippen LogP contribution in [0, 0.1) is 0 Å². The highest BCUT2D eigenvalue weighted by molar-refractivity contribution is 5.73. The Balaban J connectivity index is 2.38. The molecule has 2 N–H and O–H groups in total. The smallest absolute Gasteiger partial charge is 0.110 e. The maximum Gasteiger partial charge on any atom is 0.110 e. The minimum absolute atomic E-state index is 0.479. The summed E-state index contributed by atoms with van der Waals surface area (Å²) in [7, 11) is 1.79. The maximum atomic E-state index is 9.71. The molecule has 1 unspecified atom stereocenters. The third-order valence-corrected chi connectivity index (χ3v) is 2.21. The van der Waals surface area contributed by atoms with E-state index in [4.69, 9.17) is 0 Å². The molecule has 0 saturated heterocycles. The second kappa shape index (κ2) is 4.33. The third kappa shape index (κ3) is 2.11. The molecule has 0 radical (unpaired) electrons. The number of hydrogen-bond donors (Lipinski definition) is 2. The topological polar surface area (TPSA) is 58.0 Å². The molecular weight excluding hydrogens is 190 g/mol. The van der Waals surface area contributed by atoms with Crippen molar-refractivity contribution in [2.45, 2.75) is 6.10 Å². The molecule has 0 aliphatic rings. The minimum atomic E-state index is -0.605. The van der Waals surface area contributed by atoms with Gasteiger partial charge >= 0.3 is 0 Å². The zero-order valence-corrected chi connectivity index (χ0v) is 8.51. The Hall–Kier alpha value is -1.52. The van der Waals surface area contributed by atoms with E-state index in [-0.39, 0.29) is 0 Å². The first-order chi connectivity index (χ1) is 7.31. The Morgan fingerprint density at radius 2 is 2.07 bits per heavy atom. The zero-order chi connectivity index (χ0) is 10.7. The molecule has 0 aliphatic heterocycles. The van der Waals surface area contributed by atoms with E-state index in [0.29, 0.717) is 12.2 Å². The van der Waals surface area contributed by atoms with Crippen LogP contribution in [0.1, 0.15) is 11.8 Å². The lowest BCUT2D eigenvalue weighted by molar-refractivity contribution is 0.173. The van der Waals surface area contributed by atoms with Gasteiger partial charge < -0.3 is 10.4 Å². The van der Waals surface area contributed by atoms with Crippen molar-refractivity contribution in [3.63, 3.8) is 0 Å². The summed E-state index contributed by atoms with van der Waals surface area (Å²) in [6.45, 7) is 0.479. The molecule has 0 amide bonds. The van der Waals surface area contributed by atoms with Crippen LogP contribution in [-0.2, 0) is 0 Å². The molecule has 2 rings (SSSR count). The number of likely N-dealkylation sites (N-methyl/N-ethyl adjacent to an activating group) is 1. The molecule has 0 bridgehead atoms. The number of hydrogen-bond acceptors (Lipinski definition) is 4. The molecule has 78 valence electrons. The van der Waals surface area contributed by atoms with Gasteiger partial charge in [-0.2, -0.15) is 0 Å². The molecule has 15 heavy (non-hydrogen) atoms. The number of aliphatic hydroxyl groups excluding tert-OH is 1. The lowest BCUT2D eigenvalue weighted by Crippen LogP contribution is -2.17. The molecule has 0 spiro atoms. The summed E-state index contributed by atoms with van der Waals surface area (Å²) in [5.41, 5.74) is 2.26. The number of para-hydroxylation sites is 2. The number of rotatable bonds is 3. The lowest BCUT2D eigenvalue weighted by Gasteiger charge is -2.09. The van der Waals surface area contributed by atoms with Crippen molar-refractivity contribution in [1.82, 2.24) is 15.3 Å². The molecule has 4 nitrogen and oxygen atoms in total. The van der Waals surface area contributed by atoms with Gasteiger partial charge in [-0.3, -0.25) is 4.98 Å². The van der Waals surface area contributed by atoms with Gasteiger partial charge in [-0.25, -0.2) is 4.98 Å². The van der Waals surface area contributed by atoms with Crippen LogP contribution in [0.2, 0.25) is 0 Å². The van der Waals surface area contributed by atoms with Crippen molar-refractivity contribution in [3.05, 3.63) is 36.2 Å². The van der Waals surface area contributed by atoms with Gasteiger partial charge in [-0.15, -0.1) is 0 Å². The van der Waals surface area contributed by atoms with Gasteiger partial charge in [0.15, 0.2) is 0 Å². The standard InChI is InChI=1S/C11H13N3O/c1-12-7-11(15)10-6-13-8-4-2-3-5-9(8)14-10/h2-6,11-12,15H,7H2,1H3. The van der Waals surface area contributed by atoms with Gasteiger partial charge in [0.2, 0.25) is 0 Å². The predicted molar refractivity (Wildman–Crippen MR) is 58.4 cm³/mol. The summed E-state index contributed by atoms with van der Waals surface area (Å²) in [6, 6.07) is 7.61. The summed E-state index contributed by atoms with van der Waals surface area (Å²) in [6.07, 6.45) is 1.01. The largest absolute Gasteiger partial charge is 0.385 e. The monoisotopic (exact) mass is 203 g/mol. The van der Waals surface area contributed by atoms with Crippen molar-refractivity contribution in [3.8, 4) is 0 Å². The van der Waals surface area contributed by atoms with E-state index in [9.17, 15) is 5.11 Å². The highest BCUT2D eigenvalue weighted by Crippen LogP contribution is 2.13. The average Bonchev–Trinajstić information content (AvgIpc) is 2.29. The summed E-state index contributed by atoms with van der Waals surface area (Å²) >= 11 is 0.